The molecule has 0 N–H and O–H groups in total. The first kappa shape index (κ1) is 17.3. The molecule has 1 aliphatic rings. The summed E-state index contributed by atoms with van der Waals surface area (Å²) in [6.45, 7) is 8.41. The summed E-state index contributed by atoms with van der Waals surface area (Å²) < 4.78 is 10.6. The van der Waals surface area contributed by atoms with E-state index in [-0.39, 0.29) is 23.9 Å². The third kappa shape index (κ3) is 4.47. The third-order valence-electron chi connectivity index (χ3n) is 3.79. The lowest BCUT2D eigenvalue weighted by molar-refractivity contribution is -0.147. The predicted octanol–water partition coefficient (Wildman–Crippen LogP) is 3.20. The van der Waals surface area contributed by atoms with Gasteiger partial charge in [-0.05, 0) is 33.3 Å². The lowest BCUT2D eigenvalue weighted by atomic mass is 9.89. The van der Waals surface area contributed by atoms with Crippen molar-refractivity contribution in [2.75, 3.05) is 19.7 Å². The SMILES string of the molecule is CCOC(=O)[C@H]1CN(C(=O)OC(C)(C)C)C[C@@H]1c1ccccc1. The van der Waals surface area contributed by atoms with Gasteiger partial charge in [-0.1, -0.05) is 30.3 Å². The Balaban J connectivity index is 2.18. The van der Waals surface area contributed by atoms with Crippen molar-refractivity contribution in [2.45, 2.75) is 39.2 Å². The molecule has 2 rings (SSSR count). The van der Waals surface area contributed by atoms with Gasteiger partial charge < -0.3 is 14.4 Å². The number of esters is 1. The zero-order valence-electron chi connectivity index (χ0n) is 14.2. The Morgan fingerprint density at radius 2 is 1.83 bits per heavy atom. The van der Waals surface area contributed by atoms with Crippen LogP contribution in [0.3, 0.4) is 0 Å². The van der Waals surface area contributed by atoms with E-state index in [0.717, 1.165) is 5.56 Å². The minimum absolute atomic E-state index is 0.0669. The number of likely N-dealkylation sites (tertiary alicyclic amines) is 1. The first-order valence-electron chi connectivity index (χ1n) is 8.01. The molecule has 0 aromatic heterocycles. The van der Waals surface area contributed by atoms with Crippen molar-refractivity contribution in [3.8, 4) is 0 Å². The Morgan fingerprint density at radius 1 is 1.17 bits per heavy atom. The number of carbonyl (C=O) groups excluding carboxylic acids is 2. The van der Waals surface area contributed by atoms with Crippen molar-refractivity contribution in [3.63, 3.8) is 0 Å². The molecule has 1 saturated heterocycles. The normalized spacial score (nSPS) is 21.1. The van der Waals surface area contributed by atoms with Crippen LogP contribution in [-0.2, 0) is 14.3 Å². The van der Waals surface area contributed by atoms with E-state index in [1.165, 1.54) is 0 Å². The fourth-order valence-electron chi connectivity index (χ4n) is 2.81. The van der Waals surface area contributed by atoms with Crippen LogP contribution in [0.1, 0.15) is 39.2 Å². The molecule has 0 unspecified atom stereocenters. The molecular formula is C18H25NO4. The number of ether oxygens (including phenoxy) is 2. The van der Waals surface area contributed by atoms with Gasteiger partial charge in [-0.3, -0.25) is 4.79 Å². The smallest absolute Gasteiger partial charge is 0.410 e. The van der Waals surface area contributed by atoms with Gasteiger partial charge in [-0.2, -0.15) is 0 Å². The van der Waals surface area contributed by atoms with Gasteiger partial charge in [0.15, 0.2) is 0 Å². The summed E-state index contributed by atoms with van der Waals surface area (Å²) in [4.78, 5) is 26.2. The topological polar surface area (TPSA) is 55.8 Å². The van der Waals surface area contributed by atoms with Crippen LogP contribution in [0.2, 0.25) is 0 Å². The lowest BCUT2D eigenvalue weighted by Gasteiger charge is -2.24. The van der Waals surface area contributed by atoms with Gasteiger partial charge in [-0.25, -0.2) is 4.79 Å². The van der Waals surface area contributed by atoms with Gasteiger partial charge in [0.1, 0.15) is 5.60 Å². The van der Waals surface area contributed by atoms with Crippen LogP contribution in [0.4, 0.5) is 4.79 Å². The number of amides is 1. The lowest BCUT2D eigenvalue weighted by Crippen LogP contribution is -2.36. The average molecular weight is 319 g/mol. The Kier molecular flexibility index (Phi) is 5.29. The molecule has 0 aliphatic carbocycles. The maximum Gasteiger partial charge on any atom is 0.410 e. The molecular weight excluding hydrogens is 294 g/mol. The monoisotopic (exact) mass is 319 g/mol. The standard InChI is InChI=1S/C18H25NO4/c1-5-22-16(20)15-12-19(17(21)23-18(2,3)4)11-14(15)13-9-7-6-8-10-13/h6-10,14-15H,5,11-12H2,1-4H3/t14-,15+/m1/s1. The second-order valence-corrected chi connectivity index (χ2v) is 6.76. The number of hydrogen-bond acceptors (Lipinski definition) is 4. The molecule has 1 aromatic carbocycles. The summed E-state index contributed by atoms with van der Waals surface area (Å²) in [5.74, 6) is -0.681. The van der Waals surface area contributed by atoms with Gasteiger partial charge in [0.2, 0.25) is 0 Å². The van der Waals surface area contributed by atoms with Crippen LogP contribution >= 0.6 is 0 Å². The Bertz CT molecular complexity index is 550. The summed E-state index contributed by atoms with van der Waals surface area (Å²) in [7, 11) is 0. The number of benzene rings is 1. The highest BCUT2D eigenvalue weighted by Crippen LogP contribution is 2.34. The van der Waals surface area contributed by atoms with Crippen LogP contribution in [-0.4, -0.2) is 42.3 Å². The molecule has 23 heavy (non-hydrogen) atoms. The first-order chi connectivity index (χ1) is 10.8. The highest BCUT2D eigenvalue weighted by molar-refractivity contribution is 5.77. The summed E-state index contributed by atoms with van der Waals surface area (Å²) in [5, 5.41) is 0. The molecule has 5 nitrogen and oxygen atoms in total. The molecule has 2 atom stereocenters. The number of hydrogen-bond donors (Lipinski definition) is 0. The molecule has 0 saturated carbocycles. The van der Waals surface area contributed by atoms with Crippen molar-refractivity contribution in [2.24, 2.45) is 5.92 Å². The molecule has 1 amide bonds. The van der Waals surface area contributed by atoms with E-state index < -0.39 is 5.60 Å². The van der Waals surface area contributed by atoms with Crippen LogP contribution in [0.15, 0.2) is 30.3 Å². The van der Waals surface area contributed by atoms with Gasteiger partial charge in [0.05, 0.1) is 12.5 Å². The predicted molar refractivity (Wildman–Crippen MR) is 87.1 cm³/mol. The fourth-order valence-corrected chi connectivity index (χ4v) is 2.81. The highest BCUT2D eigenvalue weighted by atomic mass is 16.6. The molecule has 1 heterocycles. The molecule has 0 radical (unpaired) electrons. The van der Waals surface area contributed by atoms with Crippen molar-refractivity contribution in [3.05, 3.63) is 35.9 Å². The highest BCUT2D eigenvalue weighted by Gasteiger charge is 2.42. The van der Waals surface area contributed by atoms with Gasteiger partial charge in [0.25, 0.3) is 0 Å². The molecule has 1 fully saturated rings. The van der Waals surface area contributed by atoms with E-state index >= 15 is 0 Å². The van der Waals surface area contributed by atoms with E-state index in [2.05, 4.69) is 0 Å². The van der Waals surface area contributed by atoms with Crippen LogP contribution in [0.25, 0.3) is 0 Å². The second kappa shape index (κ2) is 7.02. The van der Waals surface area contributed by atoms with Crippen molar-refractivity contribution in [1.29, 1.82) is 0 Å². The molecule has 5 heteroatoms. The van der Waals surface area contributed by atoms with Gasteiger partial charge >= 0.3 is 12.1 Å². The molecule has 1 aromatic rings. The quantitative estimate of drug-likeness (QED) is 0.803. The zero-order valence-corrected chi connectivity index (χ0v) is 14.2. The van der Waals surface area contributed by atoms with E-state index in [1.807, 2.05) is 51.1 Å². The first-order valence-corrected chi connectivity index (χ1v) is 8.01. The summed E-state index contributed by atoms with van der Waals surface area (Å²) in [6.07, 6.45) is -0.384. The zero-order chi connectivity index (χ0) is 17.0. The van der Waals surface area contributed by atoms with E-state index in [1.54, 1.807) is 11.8 Å². The third-order valence-corrected chi connectivity index (χ3v) is 3.79. The minimum atomic E-state index is -0.554. The van der Waals surface area contributed by atoms with E-state index in [0.29, 0.717) is 19.7 Å². The minimum Gasteiger partial charge on any atom is -0.466 e. The molecule has 1 aliphatic heterocycles. The van der Waals surface area contributed by atoms with Crippen LogP contribution < -0.4 is 0 Å². The Morgan fingerprint density at radius 3 is 2.39 bits per heavy atom. The number of rotatable bonds is 3. The fraction of sp³-hybridized carbons (Fsp3) is 0.556. The van der Waals surface area contributed by atoms with Crippen molar-refractivity contribution in [1.82, 2.24) is 4.90 Å². The Labute approximate surface area is 137 Å². The molecule has 0 bridgehead atoms. The summed E-state index contributed by atoms with van der Waals surface area (Å²) in [5.41, 5.74) is 0.484. The second-order valence-electron chi connectivity index (χ2n) is 6.76. The Hall–Kier alpha value is -2.04. The summed E-state index contributed by atoms with van der Waals surface area (Å²) in [6, 6.07) is 9.77. The van der Waals surface area contributed by atoms with Gasteiger partial charge in [0, 0.05) is 19.0 Å². The van der Waals surface area contributed by atoms with Crippen molar-refractivity contribution < 1.29 is 19.1 Å². The molecule has 0 spiro atoms. The van der Waals surface area contributed by atoms with Crippen LogP contribution in [0, 0.1) is 5.92 Å². The van der Waals surface area contributed by atoms with Crippen LogP contribution in [0.5, 0.6) is 0 Å². The van der Waals surface area contributed by atoms with Gasteiger partial charge in [-0.15, -0.1) is 0 Å². The van der Waals surface area contributed by atoms with E-state index in [9.17, 15) is 9.59 Å². The average Bonchev–Trinajstić information content (AvgIpc) is 2.92. The van der Waals surface area contributed by atoms with E-state index in [4.69, 9.17) is 9.47 Å². The molecule has 126 valence electrons. The number of carbonyl (C=O) groups is 2. The maximum absolute atomic E-state index is 12.3. The number of nitrogens with zero attached hydrogens (tertiary/aromatic N) is 1. The summed E-state index contributed by atoms with van der Waals surface area (Å²) >= 11 is 0. The largest absolute Gasteiger partial charge is 0.466 e. The maximum atomic E-state index is 12.3. The van der Waals surface area contributed by atoms with Crippen molar-refractivity contribution >= 4 is 12.1 Å².